The van der Waals surface area contributed by atoms with Crippen molar-refractivity contribution in [1.29, 1.82) is 0 Å². The van der Waals surface area contributed by atoms with Crippen LogP contribution in [-0.4, -0.2) is 39.1 Å². The van der Waals surface area contributed by atoms with Gasteiger partial charge in [0.1, 0.15) is 0 Å². The zero-order valence-electron chi connectivity index (χ0n) is 16.0. The van der Waals surface area contributed by atoms with Crippen LogP contribution in [0.15, 0.2) is 36.5 Å². The van der Waals surface area contributed by atoms with E-state index in [9.17, 15) is 4.79 Å². The topological polar surface area (TPSA) is 61.9 Å². The maximum Gasteiger partial charge on any atom is 0.219 e. The third-order valence-corrected chi connectivity index (χ3v) is 5.85. The van der Waals surface area contributed by atoms with E-state index in [2.05, 4.69) is 46.4 Å². The molecule has 3 aromatic rings. The number of benzene rings is 1. The minimum atomic E-state index is 0.202. The van der Waals surface area contributed by atoms with E-state index in [0.717, 1.165) is 49.1 Å². The lowest BCUT2D eigenvalue weighted by atomic mass is 9.88. The van der Waals surface area contributed by atoms with Gasteiger partial charge in [-0.3, -0.25) is 9.89 Å². The fourth-order valence-electron chi connectivity index (χ4n) is 4.23. The number of aromatic amines is 1. The van der Waals surface area contributed by atoms with Crippen molar-refractivity contribution in [2.24, 2.45) is 5.92 Å². The molecule has 0 saturated carbocycles. The smallest absolute Gasteiger partial charge is 0.219 e. The molecule has 0 spiro atoms. The van der Waals surface area contributed by atoms with Gasteiger partial charge in [-0.1, -0.05) is 18.2 Å². The number of rotatable bonds is 3. The summed E-state index contributed by atoms with van der Waals surface area (Å²) in [6.07, 6.45) is 6.20. The van der Waals surface area contributed by atoms with E-state index in [1.54, 1.807) is 13.1 Å². The fraction of sp³-hybridized carbons (Fsp3) is 0.409. The van der Waals surface area contributed by atoms with Crippen LogP contribution >= 0.6 is 0 Å². The van der Waals surface area contributed by atoms with E-state index >= 15 is 0 Å². The molecule has 1 fully saturated rings. The summed E-state index contributed by atoms with van der Waals surface area (Å²) in [6.45, 7) is 5.66. The Hall–Kier alpha value is -2.69. The summed E-state index contributed by atoms with van der Waals surface area (Å²) < 4.78 is 0. The molecule has 1 aliphatic heterocycles. The Bertz CT molecular complexity index is 962. The highest BCUT2D eigenvalue weighted by atomic mass is 16.2. The monoisotopic (exact) mass is 362 g/mol. The number of fused-ring (bicyclic) bond motifs is 1. The van der Waals surface area contributed by atoms with E-state index in [0.29, 0.717) is 5.92 Å². The molecule has 1 atom stereocenters. The molecule has 2 aromatic heterocycles. The first-order chi connectivity index (χ1) is 13.1. The number of nitrogens with zero attached hydrogens (tertiary/aromatic N) is 3. The van der Waals surface area contributed by atoms with Crippen LogP contribution in [0.2, 0.25) is 0 Å². The van der Waals surface area contributed by atoms with Gasteiger partial charge in [-0.25, -0.2) is 4.98 Å². The Labute approximate surface area is 159 Å². The summed E-state index contributed by atoms with van der Waals surface area (Å²) in [6, 6.07) is 10.5. The molecule has 1 aromatic carbocycles. The molecule has 3 heterocycles. The average Bonchev–Trinajstić information content (AvgIpc) is 2.94. The number of hydrogen-bond donors (Lipinski definition) is 1. The van der Waals surface area contributed by atoms with Crippen molar-refractivity contribution >= 4 is 16.9 Å². The second-order valence-electron chi connectivity index (χ2n) is 7.57. The van der Waals surface area contributed by atoms with Crippen LogP contribution in [0.3, 0.4) is 0 Å². The SMILES string of the molecule is CC(=O)N1CCCC(Cc2cccc(-c3[nH]nc4ncccc34)c2C)CC1. The number of H-pyrrole nitrogens is 1. The summed E-state index contributed by atoms with van der Waals surface area (Å²) in [5, 5.41) is 8.58. The molecule has 1 unspecified atom stereocenters. The van der Waals surface area contributed by atoms with Gasteiger partial charge in [0.2, 0.25) is 5.91 Å². The zero-order valence-corrected chi connectivity index (χ0v) is 16.0. The van der Waals surface area contributed by atoms with E-state index in [1.165, 1.54) is 23.1 Å². The van der Waals surface area contributed by atoms with Crippen LogP contribution in [-0.2, 0) is 11.2 Å². The van der Waals surface area contributed by atoms with E-state index in [-0.39, 0.29) is 5.91 Å². The molecule has 4 rings (SSSR count). The molecule has 0 bridgehead atoms. The van der Waals surface area contributed by atoms with Gasteiger partial charge in [-0.2, -0.15) is 5.10 Å². The van der Waals surface area contributed by atoms with Crippen molar-refractivity contribution in [3.8, 4) is 11.3 Å². The summed E-state index contributed by atoms with van der Waals surface area (Å²) >= 11 is 0. The number of aromatic nitrogens is 3. The molecule has 0 radical (unpaired) electrons. The molecule has 27 heavy (non-hydrogen) atoms. The number of nitrogens with one attached hydrogen (secondary N) is 1. The van der Waals surface area contributed by atoms with Crippen LogP contribution in [0.4, 0.5) is 0 Å². The average molecular weight is 362 g/mol. The lowest BCUT2D eigenvalue weighted by molar-refractivity contribution is -0.128. The van der Waals surface area contributed by atoms with Gasteiger partial charge in [0.15, 0.2) is 5.65 Å². The predicted octanol–water partition coefficient (Wildman–Crippen LogP) is 4.12. The van der Waals surface area contributed by atoms with Gasteiger partial charge in [-0.05, 0) is 61.8 Å². The Morgan fingerprint density at radius 2 is 2.11 bits per heavy atom. The highest BCUT2D eigenvalue weighted by Crippen LogP contribution is 2.31. The molecule has 1 N–H and O–H groups in total. The first-order valence-electron chi connectivity index (χ1n) is 9.77. The van der Waals surface area contributed by atoms with Gasteiger partial charge >= 0.3 is 0 Å². The predicted molar refractivity (Wildman–Crippen MR) is 107 cm³/mol. The number of carbonyl (C=O) groups is 1. The Kier molecular flexibility index (Phi) is 4.92. The maximum atomic E-state index is 11.7. The zero-order chi connectivity index (χ0) is 18.8. The summed E-state index contributed by atoms with van der Waals surface area (Å²) in [5.41, 5.74) is 5.69. The van der Waals surface area contributed by atoms with Crippen LogP contribution in [0.1, 0.15) is 37.3 Å². The first-order valence-corrected chi connectivity index (χ1v) is 9.77. The van der Waals surface area contributed by atoms with Crippen molar-refractivity contribution in [1.82, 2.24) is 20.1 Å². The van der Waals surface area contributed by atoms with Crippen molar-refractivity contribution in [3.63, 3.8) is 0 Å². The number of hydrogen-bond acceptors (Lipinski definition) is 3. The van der Waals surface area contributed by atoms with Crippen molar-refractivity contribution in [2.75, 3.05) is 13.1 Å². The van der Waals surface area contributed by atoms with Crippen LogP contribution in [0.25, 0.3) is 22.3 Å². The van der Waals surface area contributed by atoms with Crippen LogP contribution < -0.4 is 0 Å². The van der Waals surface area contributed by atoms with Gasteiger partial charge in [-0.15, -0.1) is 0 Å². The van der Waals surface area contributed by atoms with Crippen LogP contribution in [0.5, 0.6) is 0 Å². The van der Waals surface area contributed by atoms with E-state index < -0.39 is 0 Å². The largest absolute Gasteiger partial charge is 0.343 e. The Balaban J connectivity index is 1.58. The third kappa shape index (κ3) is 3.59. The van der Waals surface area contributed by atoms with Gasteiger partial charge in [0.25, 0.3) is 0 Å². The lowest BCUT2D eigenvalue weighted by Gasteiger charge is -2.19. The number of likely N-dealkylation sites (tertiary alicyclic amines) is 1. The number of amides is 1. The second-order valence-corrected chi connectivity index (χ2v) is 7.57. The summed E-state index contributed by atoms with van der Waals surface area (Å²) in [7, 11) is 0. The molecular weight excluding hydrogens is 336 g/mol. The van der Waals surface area contributed by atoms with Crippen molar-refractivity contribution < 1.29 is 4.79 Å². The highest BCUT2D eigenvalue weighted by molar-refractivity contribution is 5.91. The molecule has 1 saturated heterocycles. The van der Waals surface area contributed by atoms with Crippen molar-refractivity contribution in [3.05, 3.63) is 47.7 Å². The Morgan fingerprint density at radius 1 is 1.22 bits per heavy atom. The molecule has 140 valence electrons. The first kappa shape index (κ1) is 17.7. The molecule has 0 aliphatic carbocycles. The molecule has 5 nitrogen and oxygen atoms in total. The highest BCUT2D eigenvalue weighted by Gasteiger charge is 2.20. The number of carbonyl (C=O) groups excluding carboxylic acids is 1. The second kappa shape index (κ2) is 7.51. The number of pyridine rings is 1. The van der Waals surface area contributed by atoms with Gasteiger partial charge in [0, 0.05) is 37.2 Å². The van der Waals surface area contributed by atoms with Crippen LogP contribution in [0, 0.1) is 12.8 Å². The van der Waals surface area contributed by atoms with E-state index in [1.807, 2.05) is 11.0 Å². The molecule has 5 heteroatoms. The molecule has 1 amide bonds. The fourth-order valence-corrected chi connectivity index (χ4v) is 4.23. The van der Waals surface area contributed by atoms with Crippen molar-refractivity contribution in [2.45, 2.75) is 39.5 Å². The standard InChI is InChI=1S/C22H26N4O/c1-15-18(14-17-6-5-12-26(13-10-17)16(2)27)7-3-8-19(15)21-20-9-4-11-23-22(20)25-24-21/h3-4,7-9,11,17H,5-6,10,12-14H2,1-2H3,(H,23,24,25). The summed E-state index contributed by atoms with van der Waals surface area (Å²) in [5.74, 6) is 0.831. The van der Waals surface area contributed by atoms with Gasteiger partial charge < -0.3 is 4.90 Å². The molecule has 1 aliphatic rings. The third-order valence-electron chi connectivity index (χ3n) is 5.85. The minimum Gasteiger partial charge on any atom is -0.343 e. The minimum absolute atomic E-state index is 0.202. The van der Waals surface area contributed by atoms with Gasteiger partial charge in [0.05, 0.1) is 5.69 Å². The normalized spacial score (nSPS) is 17.9. The van der Waals surface area contributed by atoms with E-state index in [4.69, 9.17) is 0 Å². The Morgan fingerprint density at radius 3 is 2.96 bits per heavy atom. The molecular formula is C22H26N4O. The lowest BCUT2D eigenvalue weighted by Crippen LogP contribution is -2.29. The maximum absolute atomic E-state index is 11.7. The summed E-state index contributed by atoms with van der Waals surface area (Å²) in [4.78, 5) is 18.0. The quantitative estimate of drug-likeness (QED) is 0.762.